The zero-order valence-corrected chi connectivity index (χ0v) is 18.6. The number of nitrogens with zero attached hydrogens (tertiary/aromatic N) is 5. The summed E-state index contributed by atoms with van der Waals surface area (Å²) in [5.41, 5.74) is 2.39. The maximum absolute atomic E-state index is 13.0. The number of thioether (sulfide) groups is 1. The average Bonchev–Trinajstić information content (AvgIpc) is 3.17. The van der Waals surface area contributed by atoms with Crippen molar-refractivity contribution in [3.63, 3.8) is 0 Å². The van der Waals surface area contributed by atoms with Crippen molar-refractivity contribution in [1.82, 2.24) is 29.8 Å². The van der Waals surface area contributed by atoms with Gasteiger partial charge in [0.1, 0.15) is 6.04 Å². The smallest absolute Gasteiger partial charge is 0.256 e. The first-order valence-electron chi connectivity index (χ1n) is 10.2. The summed E-state index contributed by atoms with van der Waals surface area (Å²) in [7, 11) is 0. The summed E-state index contributed by atoms with van der Waals surface area (Å²) in [6.45, 7) is 4.50. The van der Waals surface area contributed by atoms with E-state index in [2.05, 4.69) is 25.8 Å². The lowest BCUT2D eigenvalue weighted by Crippen LogP contribution is -2.58. The van der Waals surface area contributed by atoms with Crippen molar-refractivity contribution in [2.24, 2.45) is 0 Å². The normalized spacial score (nSPS) is 16.1. The Balaban J connectivity index is 1.43. The molecule has 166 valence electrons. The highest BCUT2D eigenvalue weighted by Gasteiger charge is 2.34. The predicted octanol–water partition coefficient (Wildman–Crippen LogP) is 1.19. The lowest BCUT2D eigenvalue weighted by molar-refractivity contribution is -0.142. The van der Waals surface area contributed by atoms with Crippen molar-refractivity contribution in [2.45, 2.75) is 31.5 Å². The van der Waals surface area contributed by atoms with Crippen LogP contribution in [-0.4, -0.2) is 67.1 Å². The molecule has 0 spiro atoms. The molecule has 1 aromatic carbocycles. The van der Waals surface area contributed by atoms with Crippen LogP contribution in [0.3, 0.4) is 0 Å². The summed E-state index contributed by atoms with van der Waals surface area (Å²) < 4.78 is 1.79. The first kappa shape index (κ1) is 21.8. The number of carbonyl (C=O) groups excluding carboxylic acids is 3. The van der Waals surface area contributed by atoms with E-state index in [0.717, 1.165) is 11.4 Å². The minimum Gasteiger partial charge on any atom is -0.353 e. The molecule has 10 nitrogen and oxygen atoms in total. The number of aryl methyl sites for hydroxylation is 2. The lowest BCUT2D eigenvalue weighted by atomic mass is 10.1. The molecule has 3 heterocycles. The Kier molecular flexibility index (Phi) is 6.35. The van der Waals surface area contributed by atoms with Crippen molar-refractivity contribution in [3.8, 4) is 0 Å². The first-order valence-corrected chi connectivity index (χ1v) is 11.1. The second kappa shape index (κ2) is 9.35. The number of amides is 3. The van der Waals surface area contributed by atoms with Gasteiger partial charge in [-0.15, -0.1) is 10.2 Å². The number of aromatic nitrogens is 4. The zero-order chi connectivity index (χ0) is 22.7. The molecule has 1 fully saturated rings. The molecular formula is C21H23N7O3S. The molecule has 0 saturated carbocycles. The summed E-state index contributed by atoms with van der Waals surface area (Å²) in [6.07, 6.45) is -0.118. The lowest BCUT2D eigenvalue weighted by Gasteiger charge is -2.34. The Morgan fingerprint density at radius 2 is 2.00 bits per heavy atom. The topological polar surface area (TPSA) is 122 Å². The van der Waals surface area contributed by atoms with E-state index in [4.69, 9.17) is 0 Å². The molecule has 32 heavy (non-hydrogen) atoms. The van der Waals surface area contributed by atoms with Gasteiger partial charge in [-0.25, -0.2) is 4.98 Å². The van der Waals surface area contributed by atoms with E-state index >= 15 is 0 Å². The molecule has 4 rings (SSSR count). The second-order valence-electron chi connectivity index (χ2n) is 7.46. The van der Waals surface area contributed by atoms with Crippen LogP contribution >= 0.6 is 11.8 Å². The van der Waals surface area contributed by atoms with Crippen molar-refractivity contribution in [3.05, 3.63) is 47.8 Å². The van der Waals surface area contributed by atoms with Crippen LogP contribution in [0.15, 0.2) is 41.6 Å². The van der Waals surface area contributed by atoms with Crippen LogP contribution in [0.4, 0.5) is 5.69 Å². The highest BCUT2D eigenvalue weighted by Crippen LogP contribution is 2.20. The van der Waals surface area contributed by atoms with Crippen LogP contribution in [-0.2, 0) is 14.4 Å². The van der Waals surface area contributed by atoms with E-state index in [1.54, 1.807) is 16.5 Å². The van der Waals surface area contributed by atoms with E-state index in [1.165, 1.54) is 16.7 Å². The first-order chi connectivity index (χ1) is 15.4. The van der Waals surface area contributed by atoms with E-state index in [-0.39, 0.29) is 29.9 Å². The number of rotatable bonds is 6. The number of para-hydroxylation sites is 1. The molecule has 0 aliphatic carbocycles. The zero-order valence-electron chi connectivity index (χ0n) is 17.7. The summed E-state index contributed by atoms with van der Waals surface area (Å²) >= 11 is 1.23. The summed E-state index contributed by atoms with van der Waals surface area (Å²) in [5.74, 6) is -0.356. The fourth-order valence-corrected chi connectivity index (χ4v) is 4.50. The van der Waals surface area contributed by atoms with Gasteiger partial charge in [-0.2, -0.15) is 0 Å². The molecule has 1 atom stereocenters. The number of fused-ring (bicyclic) bond motifs is 1. The minimum absolute atomic E-state index is 0.0677. The van der Waals surface area contributed by atoms with Crippen LogP contribution in [0.5, 0.6) is 0 Å². The second-order valence-corrected chi connectivity index (χ2v) is 8.40. The molecule has 1 aliphatic rings. The van der Waals surface area contributed by atoms with Crippen LogP contribution in [0.2, 0.25) is 0 Å². The van der Waals surface area contributed by atoms with Crippen molar-refractivity contribution < 1.29 is 14.4 Å². The Hall–Kier alpha value is -3.47. The fourth-order valence-electron chi connectivity index (χ4n) is 3.63. The van der Waals surface area contributed by atoms with E-state index < -0.39 is 6.04 Å². The van der Waals surface area contributed by atoms with Crippen LogP contribution < -0.4 is 10.6 Å². The summed E-state index contributed by atoms with van der Waals surface area (Å²) in [6, 6.07) is 10.0. The van der Waals surface area contributed by atoms with Gasteiger partial charge in [-0.05, 0) is 32.0 Å². The molecule has 3 aromatic rings. The van der Waals surface area contributed by atoms with Gasteiger partial charge in [0.25, 0.3) is 5.78 Å². The van der Waals surface area contributed by atoms with Crippen LogP contribution in [0.25, 0.3) is 5.78 Å². The third kappa shape index (κ3) is 4.72. The van der Waals surface area contributed by atoms with Crippen molar-refractivity contribution >= 4 is 40.9 Å². The Morgan fingerprint density at radius 3 is 2.78 bits per heavy atom. The maximum atomic E-state index is 13.0. The quantitative estimate of drug-likeness (QED) is 0.538. The van der Waals surface area contributed by atoms with Gasteiger partial charge in [-0.1, -0.05) is 30.0 Å². The highest BCUT2D eigenvalue weighted by atomic mass is 32.2. The maximum Gasteiger partial charge on any atom is 0.256 e. The van der Waals surface area contributed by atoms with E-state index in [0.29, 0.717) is 29.7 Å². The number of hydrogen-bond donors (Lipinski definition) is 2. The molecule has 1 aliphatic heterocycles. The Bertz CT molecular complexity index is 1160. The number of hydrogen-bond acceptors (Lipinski definition) is 7. The average molecular weight is 454 g/mol. The third-order valence-corrected chi connectivity index (χ3v) is 5.99. The molecule has 2 aromatic heterocycles. The fraction of sp³-hybridized carbons (Fsp3) is 0.333. The van der Waals surface area contributed by atoms with Gasteiger partial charge in [0.2, 0.25) is 17.7 Å². The molecule has 1 saturated heterocycles. The summed E-state index contributed by atoms with van der Waals surface area (Å²) in [5, 5.41) is 14.3. The largest absolute Gasteiger partial charge is 0.353 e. The number of carbonyl (C=O) groups is 3. The van der Waals surface area contributed by atoms with E-state index in [9.17, 15) is 14.4 Å². The Morgan fingerprint density at radius 1 is 1.22 bits per heavy atom. The van der Waals surface area contributed by atoms with Crippen LogP contribution in [0, 0.1) is 13.8 Å². The molecule has 11 heteroatoms. The van der Waals surface area contributed by atoms with Gasteiger partial charge in [0.05, 0.1) is 12.2 Å². The molecule has 1 unspecified atom stereocenters. The predicted molar refractivity (Wildman–Crippen MR) is 119 cm³/mol. The number of anilines is 1. The standard InChI is InChI=1S/C21H23N7O3S/c1-13-10-14(2)28-20(23-13)25-26-21(28)32-12-18(30)27-9-8-22-19(31)16(27)11-17(29)24-15-6-4-3-5-7-15/h3-7,10,16H,8-9,11-12H2,1-2H3,(H,22,31)(H,24,29). The van der Waals surface area contributed by atoms with Gasteiger partial charge < -0.3 is 15.5 Å². The van der Waals surface area contributed by atoms with Gasteiger partial charge in [0, 0.05) is 30.2 Å². The third-order valence-electron chi connectivity index (χ3n) is 5.08. The molecule has 0 radical (unpaired) electrons. The SMILES string of the molecule is Cc1cc(C)n2c(SCC(=O)N3CCNC(=O)C3CC(=O)Nc3ccccc3)nnc2n1. The number of piperazine rings is 1. The van der Waals surface area contributed by atoms with Crippen molar-refractivity contribution in [1.29, 1.82) is 0 Å². The molecular weight excluding hydrogens is 430 g/mol. The monoisotopic (exact) mass is 453 g/mol. The van der Waals surface area contributed by atoms with E-state index in [1.807, 2.05) is 38.1 Å². The van der Waals surface area contributed by atoms with Gasteiger partial charge in [0.15, 0.2) is 5.16 Å². The van der Waals surface area contributed by atoms with Crippen molar-refractivity contribution in [2.75, 3.05) is 24.2 Å². The van der Waals surface area contributed by atoms with Gasteiger partial charge >= 0.3 is 0 Å². The molecule has 2 N–H and O–H groups in total. The molecule has 3 amide bonds. The number of benzene rings is 1. The highest BCUT2D eigenvalue weighted by molar-refractivity contribution is 7.99. The van der Waals surface area contributed by atoms with Crippen LogP contribution in [0.1, 0.15) is 17.8 Å². The Labute approximate surface area is 188 Å². The molecule has 0 bridgehead atoms. The number of nitrogens with one attached hydrogen (secondary N) is 2. The minimum atomic E-state index is -0.859. The van der Waals surface area contributed by atoms with Gasteiger partial charge in [-0.3, -0.25) is 18.8 Å². The summed E-state index contributed by atoms with van der Waals surface area (Å²) in [4.78, 5) is 43.7.